The third-order valence-electron chi connectivity index (χ3n) is 4.19. The molecule has 0 saturated carbocycles. The molecule has 2 aliphatic heterocycles. The van der Waals surface area contributed by atoms with Crippen molar-refractivity contribution in [2.24, 2.45) is 0 Å². The van der Waals surface area contributed by atoms with Gasteiger partial charge in [-0.1, -0.05) is 6.07 Å². The number of rotatable bonds is 2. The molecular formula is C15H18BrFN2O2. The molecule has 21 heavy (non-hydrogen) atoms. The maximum absolute atomic E-state index is 13.9. The van der Waals surface area contributed by atoms with Crippen LogP contribution in [0.3, 0.4) is 0 Å². The van der Waals surface area contributed by atoms with E-state index < -0.39 is 5.82 Å². The van der Waals surface area contributed by atoms with Gasteiger partial charge in [-0.15, -0.1) is 0 Å². The van der Waals surface area contributed by atoms with Gasteiger partial charge >= 0.3 is 0 Å². The van der Waals surface area contributed by atoms with Gasteiger partial charge in [-0.2, -0.15) is 0 Å². The first-order chi connectivity index (χ1) is 10.2. The fourth-order valence-electron chi connectivity index (χ4n) is 3.03. The first-order valence-electron chi connectivity index (χ1n) is 7.22. The molecule has 1 aromatic carbocycles. The largest absolute Gasteiger partial charge is 0.379 e. The molecule has 4 nitrogen and oxygen atoms in total. The third-order valence-corrected chi connectivity index (χ3v) is 4.85. The number of benzene rings is 1. The lowest BCUT2D eigenvalue weighted by Crippen LogP contribution is -2.45. The van der Waals surface area contributed by atoms with E-state index in [4.69, 9.17) is 4.74 Å². The van der Waals surface area contributed by atoms with E-state index in [2.05, 4.69) is 20.8 Å². The van der Waals surface area contributed by atoms with Gasteiger partial charge in [-0.25, -0.2) is 4.39 Å². The van der Waals surface area contributed by atoms with Crippen LogP contribution in [0.1, 0.15) is 16.8 Å². The standard InChI is InChI=1S/C15H18BrFN2O2/c16-12-2-1-3-13(17)14(12)15(20)19-5-4-11(10-19)18-6-8-21-9-7-18/h1-3,11H,4-10H2. The summed E-state index contributed by atoms with van der Waals surface area (Å²) in [5.74, 6) is -0.695. The molecule has 2 saturated heterocycles. The van der Waals surface area contributed by atoms with Crippen LogP contribution in [0.25, 0.3) is 0 Å². The molecule has 0 aliphatic carbocycles. The SMILES string of the molecule is O=C(c1c(F)cccc1Br)N1CCC(N2CCOCC2)C1. The van der Waals surface area contributed by atoms with E-state index in [9.17, 15) is 9.18 Å². The summed E-state index contributed by atoms with van der Waals surface area (Å²) in [6.07, 6.45) is 0.942. The van der Waals surface area contributed by atoms with Crippen LogP contribution in [0.5, 0.6) is 0 Å². The van der Waals surface area contributed by atoms with Crippen molar-refractivity contribution in [3.05, 3.63) is 34.1 Å². The van der Waals surface area contributed by atoms with Crippen LogP contribution in [-0.4, -0.2) is 61.1 Å². The summed E-state index contributed by atoms with van der Waals surface area (Å²) in [5.41, 5.74) is 0.139. The first-order valence-corrected chi connectivity index (χ1v) is 8.01. The third kappa shape index (κ3) is 3.12. The number of amides is 1. The fraction of sp³-hybridized carbons (Fsp3) is 0.533. The number of hydrogen-bond acceptors (Lipinski definition) is 3. The Labute approximate surface area is 132 Å². The van der Waals surface area contributed by atoms with Crippen molar-refractivity contribution in [1.29, 1.82) is 0 Å². The molecule has 114 valence electrons. The summed E-state index contributed by atoms with van der Waals surface area (Å²) in [4.78, 5) is 16.7. The Bertz CT molecular complexity index is 514. The molecule has 0 aromatic heterocycles. The number of morpholine rings is 1. The molecule has 1 aromatic rings. The highest BCUT2D eigenvalue weighted by molar-refractivity contribution is 9.10. The van der Waals surface area contributed by atoms with Crippen molar-refractivity contribution in [1.82, 2.24) is 9.80 Å². The average Bonchev–Trinajstić information content (AvgIpc) is 2.97. The second-order valence-electron chi connectivity index (χ2n) is 5.44. The van der Waals surface area contributed by atoms with Gasteiger partial charge in [0, 0.05) is 36.7 Å². The quantitative estimate of drug-likeness (QED) is 0.813. The lowest BCUT2D eigenvalue weighted by atomic mass is 10.2. The molecule has 0 spiro atoms. The average molecular weight is 357 g/mol. The predicted octanol–water partition coefficient (Wildman–Crippen LogP) is 2.13. The first kappa shape index (κ1) is 14.9. The molecule has 1 amide bonds. The van der Waals surface area contributed by atoms with E-state index >= 15 is 0 Å². The summed E-state index contributed by atoms with van der Waals surface area (Å²) in [7, 11) is 0. The molecule has 3 rings (SSSR count). The van der Waals surface area contributed by atoms with Crippen LogP contribution >= 0.6 is 15.9 Å². The lowest BCUT2D eigenvalue weighted by molar-refractivity contribution is 0.0185. The monoisotopic (exact) mass is 356 g/mol. The zero-order valence-electron chi connectivity index (χ0n) is 11.7. The Hall–Kier alpha value is -0.980. The number of likely N-dealkylation sites (tertiary alicyclic amines) is 1. The molecule has 2 aliphatic rings. The molecular weight excluding hydrogens is 339 g/mol. The Morgan fingerprint density at radius 3 is 2.76 bits per heavy atom. The Morgan fingerprint density at radius 1 is 1.29 bits per heavy atom. The maximum Gasteiger partial charge on any atom is 0.258 e. The minimum atomic E-state index is -0.468. The summed E-state index contributed by atoms with van der Waals surface area (Å²) < 4.78 is 19.8. The van der Waals surface area contributed by atoms with Crippen molar-refractivity contribution in [2.75, 3.05) is 39.4 Å². The van der Waals surface area contributed by atoms with E-state index in [0.29, 0.717) is 23.6 Å². The highest BCUT2D eigenvalue weighted by Gasteiger charge is 2.33. The second kappa shape index (κ2) is 6.42. The van der Waals surface area contributed by atoms with Gasteiger partial charge in [-0.3, -0.25) is 9.69 Å². The van der Waals surface area contributed by atoms with Crippen LogP contribution in [0.4, 0.5) is 4.39 Å². The Balaban J connectivity index is 1.69. The number of carbonyl (C=O) groups is 1. The fourth-order valence-corrected chi connectivity index (χ4v) is 3.54. The van der Waals surface area contributed by atoms with Gasteiger partial charge < -0.3 is 9.64 Å². The normalized spacial score (nSPS) is 23.5. The van der Waals surface area contributed by atoms with Gasteiger partial charge in [-0.05, 0) is 34.5 Å². The van der Waals surface area contributed by atoms with E-state index in [-0.39, 0.29) is 11.5 Å². The highest BCUT2D eigenvalue weighted by Crippen LogP contribution is 2.24. The zero-order chi connectivity index (χ0) is 14.8. The highest BCUT2D eigenvalue weighted by atomic mass is 79.9. The van der Waals surface area contributed by atoms with E-state index in [1.54, 1.807) is 17.0 Å². The van der Waals surface area contributed by atoms with Gasteiger partial charge in [0.2, 0.25) is 0 Å². The minimum absolute atomic E-state index is 0.139. The maximum atomic E-state index is 13.9. The summed E-state index contributed by atoms with van der Waals surface area (Å²) in [5, 5.41) is 0. The minimum Gasteiger partial charge on any atom is -0.379 e. The predicted molar refractivity (Wildman–Crippen MR) is 80.8 cm³/mol. The zero-order valence-corrected chi connectivity index (χ0v) is 13.3. The van der Waals surface area contributed by atoms with Gasteiger partial charge in [0.1, 0.15) is 5.82 Å². The molecule has 1 atom stereocenters. The molecule has 1 unspecified atom stereocenters. The summed E-state index contributed by atoms with van der Waals surface area (Å²) in [6, 6.07) is 4.99. The van der Waals surface area contributed by atoms with Gasteiger partial charge in [0.05, 0.1) is 18.8 Å². The van der Waals surface area contributed by atoms with Crippen LogP contribution in [0.2, 0.25) is 0 Å². The van der Waals surface area contributed by atoms with Crippen molar-refractivity contribution in [2.45, 2.75) is 12.5 Å². The van der Waals surface area contributed by atoms with E-state index in [1.165, 1.54) is 6.07 Å². The van der Waals surface area contributed by atoms with Crippen molar-refractivity contribution in [3.63, 3.8) is 0 Å². The van der Waals surface area contributed by atoms with E-state index in [0.717, 1.165) is 32.7 Å². The van der Waals surface area contributed by atoms with Crippen molar-refractivity contribution >= 4 is 21.8 Å². The van der Waals surface area contributed by atoms with Crippen LogP contribution in [-0.2, 0) is 4.74 Å². The summed E-state index contributed by atoms with van der Waals surface area (Å²) in [6.45, 7) is 4.68. The van der Waals surface area contributed by atoms with Crippen molar-refractivity contribution in [3.8, 4) is 0 Å². The number of hydrogen-bond donors (Lipinski definition) is 0. The Morgan fingerprint density at radius 2 is 2.05 bits per heavy atom. The Kier molecular flexibility index (Phi) is 4.57. The number of halogens is 2. The number of carbonyl (C=O) groups excluding carboxylic acids is 1. The van der Waals surface area contributed by atoms with Gasteiger partial charge in [0.25, 0.3) is 5.91 Å². The molecule has 2 heterocycles. The molecule has 6 heteroatoms. The van der Waals surface area contributed by atoms with Crippen LogP contribution in [0.15, 0.2) is 22.7 Å². The van der Waals surface area contributed by atoms with Crippen LogP contribution in [0, 0.1) is 5.82 Å². The van der Waals surface area contributed by atoms with Crippen LogP contribution < -0.4 is 0 Å². The van der Waals surface area contributed by atoms with E-state index in [1.807, 2.05) is 0 Å². The smallest absolute Gasteiger partial charge is 0.258 e. The number of ether oxygens (including phenoxy) is 1. The lowest BCUT2D eigenvalue weighted by Gasteiger charge is -2.32. The molecule has 0 radical (unpaired) electrons. The van der Waals surface area contributed by atoms with Gasteiger partial charge in [0.15, 0.2) is 0 Å². The summed E-state index contributed by atoms with van der Waals surface area (Å²) >= 11 is 3.27. The second-order valence-corrected chi connectivity index (χ2v) is 6.29. The molecule has 0 N–H and O–H groups in total. The molecule has 2 fully saturated rings. The topological polar surface area (TPSA) is 32.8 Å². The van der Waals surface area contributed by atoms with Crippen molar-refractivity contribution < 1.29 is 13.9 Å². The molecule has 0 bridgehead atoms. The number of nitrogens with zero attached hydrogens (tertiary/aromatic N) is 2.